The van der Waals surface area contributed by atoms with Gasteiger partial charge < -0.3 is 0 Å². The summed E-state index contributed by atoms with van der Waals surface area (Å²) >= 11 is 0.300. The summed E-state index contributed by atoms with van der Waals surface area (Å²) < 4.78 is 8.34. The molecule has 0 aliphatic rings. The molecular weight excluding hydrogens is 421 g/mol. The molecule has 0 saturated heterocycles. The van der Waals surface area contributed by atoms with Crippen LogP contribution >= 0.6 is 0 Å². The molecule has 0 N–H and O–H groups in total. The molecule has 0 unspecified atom stereocenters. The average molecular weight is 427 g/mol. The zero-order valence-electron chi connectivity index (χ0n) is 1.41. The van der Waals surface area contributed by atoms with Crippen LogP contribution in [-0.4, -0.2) is 65.7 Å². The van der Waals surface area contributed by atoms with E-state index in [0.717, 1.165) is 0 Å². The van der Waals surface area contributed by atoms with E-state index in [-0.39, 0.29) is 84.0 Å². The predicted octanol–water partition coefficient (Wildman–Crippen LogP) is -2.87. The van der Waals surface area contributed by atoms with Crippen LogP contribution in [0.15, 0.2) is 0 Å². The minimum atomic E-state index is 0. The Morgan fingerprint density at radius 1 is 1.20 bits per heavy atom. The Morgan fingerprint density at radius 2 is 1.20 bits per heavy atom. The predicted molar refractivity (Wildman–Crippen MR) is 26.3 cm³/mol. The van der Waals surface area contributed by atoms with Gasteiger partial charge in [0.1, 0.15) is 0 Å². The molecule has 0 aliphatic heterocycles. The van der Waals surface area contributed by atoms with Gasteiger partial charge in [0.05, 0.1) is 0 Å². The summed E-state index contributed by atoms with van der Waals surface area (Å²) in [7, 11) is 0. The van der Waals surface area contributed by atoms with E-state index in [1.165, 1.54) is 0 Å². The Kier molecular flexibility index (Phi) is 126. The first-order valence-electron chi connectivity index (χ1n) is 0.204. The van der Waals surface area contributed by atoms with Gasteiger partial charge in [0, 0.05) is 40.8 Å². The molecule has 5 heteroatoms. The fraction of sp³-hybridized carbons (Fsp3) is 0. The van der Waals surface area contributed by atoms with Crippen molar-refractivity contribution in [2.45, 2.75) is 0 Å². The zero-order chi connectivity index (χ0) is 2.00. The Labute approximate surface area is 107 Å². The van der Waals surface area contributed by atoms with Gasteiger partial charge in [0.2, 0.25) is 0 Å². The van der Waals surface area contributed by atoms with E-state index in [4.69, 9.17) is 3.08 Å². The molecular formula is H6AlInNdOSn. The first-order valence-corrected chi connectivity index (χ1v) is 1.37. The second-order valence-electron chi connectivity index (χ2n) is 0. The van der Waals surface area contributed by atoms with Crippen LogP contribution in [0.1, 0.15) is 0 Å². The second-order valence-corrected chi connectivity index (χ2v) is 0. The summed E-state index contributed by atoms with van der Waals surface area (Å²) in [6.07, 6.45) is 0. The molecule has 0 heterocycles. The average Bonchev–Trinajstić information content (AvgIpc) is 1.00. The Morgan fingerprint density at radius 3 is 1.20 bits per heavy atom. The van der Waals surface area contributed by atoms with Gasteiger partial charge in [0.15, 0.2) is 17.4 Å². The van der Waals surface area contributed by atoms with E-state index >= 15 is 0 Å². The first-order chi connectivity index (χ1) is 1.00. The Bertz CT molecular complexity index is 11.6. The monoisotopic (exact) mass is 426 g/mol. The summed E-state index contributed by atoms with van der Waals surface area (Å²) in [4.78, 5) is 0. The molecule has 0 bridgehead atoms. The third-order valence-electron chi connectivity index (χ3n) is 0. The third kappa shape index (κ3) is 18.7. The second kappa shape index (κ2) is 26.4. The van der Waals surface area contributed by atoms with Crippen LogP contribution < -0.4 is 0 Å². The van der Waals surface area contributed by atoms with Crippen LogP contribution in [0, 0.1) is 40.8 Å². The summed E-state index contributed by atoms with van der Waals surface area (Å²) in [6.45, 7) is 0. The van der Waals surface area contributed by atoms with Crippen molar-refractivity contribution in [1.82, 2.24) is 0 Å². The number of hydrogen-bond acceptors (Lipinski definition) is 1. The summed E-state index contributed by atoms with van der Waals surface area (Å²) in [6, 6.07) is 0. The van der Waals surface area contributed by atoms with E-state index in [0.29, 0.717) is 22.5 Å². The molecule has 0 aromatic carbocycles. The van der Waals surface area contributed by atoms with Crippen molar-refractivity contribution >= 4 is 65.7 Å². The van der Waals surface area contributed by atoms with Crippen LogP contribution in [0.2, 0.25) is 0 Å². The van der Waals surface area contributed by atoms with Gasteiger partial charge in [-0.05, 0) is 0 Å². The van der Waals surface area contributed by atoms with Crippen LogP contribution in [0.5, 0.6) is 0 Å². The van der Waals surface area contributed by atoms with Crippen molar-refractivity contribution in [2.75, 3.05) is 0 Å². The summed E-state index contributed by atoms with van der Waals surface area (Å²) in [5, 5.41) is 0. The molecule has 0 aliphatic carbocycles. The molecule has 0 aromatic rings. The normalized spacial score (nSPS) is 0.800. The molecule has 0 aromatic heterocycles. The Hall–Kier alpha value is 3.35. The molecule has 0 fully saturated rings. The van der Waals surface area contributed by atoms with Crippen LogP contribution in [0.3, 0.4) is 0 Å². The number of rotatable bonds is 0. The van der Waals surface area contributed by atoms with Crippen molar-refractivity contribution in [2.24, 2.45) is 0 Å². The van der Waals surface area contributed by atoms with Gasteiger partial charge in [-0.1, -0.05) is 0 Å². The molecule has 0 amide bonds. The van der Waals surface area contributed by atoms with Gasteiger partial charge in [0.25, 0.3) is 0 Å². The standard InChI is InChI=1S/Al.In.Nd.O.Sn.6H. The zero-order valence-corrected chi connectivity index (χ0v) is 7.47. The maximum absolute atomic E-state index is 8.34. The Balaban J connectivity index is -0.00000000167. The molecule has 0 spiro atoms. The summed E-state index contributed by atoms with van der Waals surface area (Å²) in [5.41, 5.74) is 0. The molecule has 0 rings (SSSR count). The molecule has 0 saturated carbocycles. The molecule has 5 heavy (non-hydrogen) atoms. The SMILES string of the molecule is [AlH3].[InH3].[Nd].[O]=[Sn]. The van der Waals surface area contributed by atoms with Crippen molar-refractivity contribution in [3.63, 3.8) is 0 Å². The van der Waals surface area contributed by atoms with Gasteiger partial charge in [-0.2, -0.15) is 0 Å². The molecule has 2 radical (unpaired) electrons. The molecule has 1 nitrogen and oxygen atoms in total. The summed E-state index contributed by atoms with van der Waals surface area (Å²) in [5.74, 6) is 0. The van der Waals surface area contributed by atoms with Crippen molar-refractivity contribution < 1.29 is 43.9 Å². The first kappa shape index (κ1) is 23.8. The van der Waals surface area contributed by atoms with E-state index in [1.807, 2.05) is 0 Å². The number of hydrogen-bond donors (Lipinski definition) is 0. The minimum absolute atomic E-state index is 0. The fourth-order valence-electron chi connectivity index (χ4n) is 0. The van der Waals surface area contributed by atoms with Crippen molar-refractivity contribution in [3.05, 3.63) is 0 Å². The van der Waals surface area contributed by atoms with Crippen LogP contribution in [0.25, 0.3) is 0 Å². The van der Waals surface area contributed by atoms with Crippen molar-refractivity contribution in [3.8, 4) is 0 Å². The molecule has 0 atom stereocenters. The van der Waals surface area contributed by atoms with Crippen LogP contribution in [0.4, 0.5) is 0 Å². The molecule has 26 valence electrons. The maximum atomic E-state index is 8.34. The fourth-order valence-corrected chi connectivity index (χ4v) is 0. The van der Waals surface area contributed by atoms with Gasteiger partial charge >= 0.3 is 51.4 Å². The quantitative estimate of drug-likeness (QED) is 0.381. The van der Waals surface area contributed by atoms with E-state index in [1.54, 1.807) is 0 Å². The van der Waals surface area contributed by atoms with Gasteiger partial charge in [-0.3, -0.25) is 0 Å². The van der Waals surface area contributed by atoms with Crippen LogP contribution in [-0.2, 0) is 3.08 Å². The van der Waals surface area contributed by atoms with Crippen molar-refractivity contribution in [1.29, 1.82) is 0 Å². The van der Waals surface area contributed by atoms with E-state index in [2.05, 4.69) is 0 Å². The van der Waals surface area contributed by atoms with Gasteiger partial charge in [-0.25, -0.2) is 0 Å². The van der Waals surface area contributed by atoms with E-state index < -0.39 is 0 Å². The third-order valence-corrected chi connectivity index (χ3v) is 0. The topological polar surface area (TPSA) is 17.1 Å². The van der Waals surface area contributed by atoms with E-state index in [9.17, 15) is 0 Å². The van der Waals surface area contributed by atoms with Gasteiger partial charge in [-0.15, -0.1) is 0 Å².